The first-order valence-electron chi connectivity index (χ1n) is 11.9. The summed E-state index contributed by atoms with van der Waals surface area (Å²) in [5.74, 6) is -0.722. The average molecular weight is 484 g/mol. The Morgan fingerprint density at radius 2 is 1.08 bits per heavy atom. The van der Waals surface area contributed by atoms with Gasteiger partial charge in [-0.1, -0.05) is 54.6 Å². The lowest BCUT2D eigenvalue weighted by Crippen LogP contribution is -2.23. The number of allylic oxidation sites excluding steroid dienone is 2. The highest BCUT2D eigenvalue weighted by Gasteiger charge is 2.14. The Morgan fingerprint density at radius 3 is 1.50 bits per heavy atom. The van der Waals surface area contributed by atoms with Gasteiger partial charge in [0.25, 0.3) is 0 Å². The summed E-state index contributed by atoms with van der Waals surface area (Å²) >= 11 is 0. The predicted octanol–water partition coefficient (Wildman–Crippen LogP) is 5.92. The first-order valence-corrected chi connectivity index (χ1v) is 11.9. The fraction of sp³-hybridized carbons (Fsp3) is 0.226. The summed E-state index contributed by atoms with van der Waals surface area (Å²) in [6, 6.07) is 21.6. The van der Waals surface area contributed by atoms with Gasteiger partial charge in [0.15, 0.2) is 0 Å². The van der Waals surface area contributed by atoms with Crippen LogP contribution in [0.5, 0.6) is 0 Å². The van der Waals surface area contributed by atoms with Gasteiger partial charge in [0.05, 0.1) is 25.3 Å². The van der Waals surface area contributed by atoms with E-state index in [1.807, 2.05) is 48.6 Å². The van der Waals surface area contributed by atoms with Crippen molar-refractivity contribution < 1.29 is 19.1 Å². The van der Waals surface area contributed by atoms with Crippen molar-refractivity contribution in [2.24, 2.45) is 0 Å². The number of nitrogens with zero attached hydrogens (tertiary/aromatic N) is 1. The van der Waals surface area contributed by atoms with Crippen molar-refractivity contribution in [2.45, 2.75) is 32.5 Å². The van der Waals surface area contributed by atoms with Crippen LogP contribution < -0.4 is 0 Å². The van der Waals surface area contributed by atoms with Crippen molar-refractivity contribution in [3.05, 3.63) is 131 Å². The molecule has 5 heteroatoms. The number of carbonyl (C=O) groups is 2. The molecule has 0 saturated heterocycles. The molecule has 3 aromatic rings. The summed E-state index contributed by atoms with van der Waals surface area (Å²) in [5, 5.41) is 0. The molecule has 0 saturated carbocycles. The normalized spacial score (nSPS) is 10.6. The third-order valence-corrected chi connectivity index (χ3v) is 5.79. The molecule has 0 fully saturated rings. The Balaban J connectivity index is 1.94. The van der Waals surface area contributed by atoms with Gasteiger partial charge in [-0.15, -0.1) is 13.2 Å². The highest BCUT2D eigenvalue weighted by Crippen LogP contribution is 2.20. The molecule has 186 valence electrons. The van der Waals surface area contributed by atoms with E-state index in [1.54, 1.807) is 12.1 Å². The second kappa shape index (κ2) is 13.2. The van der Waals surface area contributed by atoms with E-state index in [9.17, 15) is 9.59 Å². The number of rotatable bonds is 12. The second-order valence-electron chi connectivity index (χ2n) is 8.67. The first kappa shape index (κ1) is 26.6. The van der Waals surface area contributed by atoms with Gasteiger partial charge in [0, 0.05) is 19.6 Å². The van der Waals surface area contributed by atoms with Crippen LogP contribution in [0.15, 0.2) is 92.0 Å². The first-order chi connectivity index (χ1) is 17.4. The third-order valence-electron chi connectivity index (χ3n) is 5.79. The summed E-state index contributed by atoms with van der Waals surface area (Å²) in [7, 11) is 2.76. The summed E-state index contributed by atoms with van der Waals surface area (Å²) in [5.41, 5.74) is 6.62. The molecule has 0 N–H and O–H groups in total. The Labute approximate surface area is 213 Å². The van der Waals surface area contributed by atoms with Gasteiger partial charge in [-0.05, 0) is 64.9 Å². The molecule has 0 atom stereocenters. The smallest absolute Gasteiger partial charge is 0.337 e. The minimum absolute atomic E-state index is 0.361. The highest BCUT2D eigenvalue weighted by molar-refractivity contribution is 5.89. The fourth-order valence-electron chi connectivity index (χ4n) is 4.27. The van der Waals surface area contributed by atoms with E-state index in [1.165, 1.54) is 30.9 Å². The van der Waals surface area contributed by atoms with E-state index in [0.29, 0.717) is 30.8 Å². The van der Waals surface area contributed by atoms with Gasteiger partial charge >= 0.3 is 11.9 Å². The molecule has 36 heavy (non-hydrogen) atoms. The quantitative estimate of drug-likeness (QED) is 0.236. The van der Waals surface area contributed by atoms with Crippen molar-refractivity contribution in [3.63, 3.8) is 0 Å². The molecule has 0 aliphatic heterocycles. The third kappa shape index (κ3) is 7.52. The molecule has 0 aliphatic carbocycles. The van der Waals surface area contributed by atoms with Crippen molar-refractivity contribution in [1.29, 1.82) is 0 Å². The zero-order valence-electron chi connectivity index (χ0n) is 21.0. The van der Waals surface area contributed by atoms with Crippen LogP contribution in [0.4, 0.5) is 0 Å². The lowest BCUT2D eigenvalue weighted by atomic mass is 10.0. The SMILES string of the molecule is C=CCc1cc(CC=C)cc(CN(Cc2cccc(C(=O)OC)c2)Cc2cccc(C(=O)OC)c2)c1. The van der Waals surface area contributed by atoms with E-state index in [0.717, 1.165) is 24.0 Å². The average Bonchev–Trinajstić information content (AvgIpc) is 2.88. The monoisotopic (exact) mass is 483 g/mol. The maximum atomic E-state index is 12.1. The van der Waals surface area contributed by atoms with Crippen LogP contribution in [0.1, 0.15) is 48.5 Å². The second-order valence-corrected chi connectivity index (χ2v) is 8.67. The van der Waals surface area contributed by atoms with Crippen molar-refractivity contribution in [3.8, 4) is 0 Å². The zero-order chi connectivity index (χ0) is 25.9. The van der Waals surface area contributed by atoms with Crippen LogP contribution in [-0.2, 0) is 41.9 Å². The van der Waals surface area contributed by atoms with Gasteiger partial charge in [-0.3, -0.25) is 4.90 Å². The summed E-state index contributed by atoms with van der Waals surface area (Å²) in [4.78, 5) is 26.4. The Hall–Kier alpha value is -3.96. The molecule has 0 aromatic heterocycles. The topological polar surface area (TPSA) is 55.8 Å². The van der Waals surface area contributed by atoms with E-state index in [-0.39, 0.29) is 11.9 Å². The molecule has 0 bridgehead atoms. The molecule has 3 rings (SSSR count). The maximum Gasteiger partial charge on any atom is 0.337 e. The minimum Gasteiger partial charge on any atom is -0.465 e. The van der Waals surface area contributed by atoms with E-state index >= 15 is 0 Å². The Morgan fingerprint density at radius 1 is 0.667 bits per heavy atom. The molecule has 0 radical (unpaired) electrons. The van der Waals surface area contributed by atoms with Gasteiger partial charge in [0.2, 0.25) is 0 Å². The van der Waals surface area contributed by atoms with Gasteiger partial charge in [-0.2, -0.15) is 0 Å². The number of esters is 2. The van der Waals surface area contributed by atoms with Crippen molar-refractivity contribution in [1.82, 2.24) is 4.90 Å². The molecular formula is C31H33NO4. The van der Waals surface area contributed by atoms with Crippen molar-refractivity contribution in [2.75, 3.05) is 14.2 Å². The van der Waals surface area contributed by atoms with E-state index in [2.05, 4.69) is 36.3 Å². The molecule has 0 spiro atoms. The molecule has 3 aromatic carbocycles. The molecule has 0 aliphatic rings. The molecule has 5 nitrogen and oxygen atoms in total. The number of benzene rings is 3. The highest BCUT2D eigenvalue weighted by atomic mass is 16.5. The number of hydrogen-bond donors (Lipinski definition) is 0. The molecule has 0 unspecified atom stereocenters. The van der Waals surface area contributed by atoms with Crippen LogP contribution in [0.25, 0.3) is 0 Å². The summed E-state index contributed by atoms with van der Waals surface area (Å²) in [6.07, 6.45) is 5.40. The number of ether oxygens (including phenoxy) is 2. The molecule has 0 heterocycles. The maximum absolute atomic E-state index is 12.1. The fourth-order valence-corrected chi connectivity index (χ4v) is 4.27. The summed E-state index contributed by atoms with van der Waals surface area (Å²) in [6.45, 7) is 9.67. The number of methoxy groups -OCH3 is 2. The number of carbonyl (C=O) groups excluding carboxylic acids is 2. The predicted molar refractivity (Wildman–Crippen MR) is 143 cm³/mol. The van der Waals surface area contributed by atoms with Crippen LogP contribution >= 0.6 is 0 Å². The van der Waals surface area contributed by atoms with Gasteiger partial charge < -0.3 is 9.47 Å². The van der Waals surface area contributed by atoms with Crippen LogP contribution in [0.2, 0.25) is 0 Å². The molecule has 0 amide bonds. The van der Waals surface area contributed by atoms with Crippen LogP contribution in [0, 0.1) is 0 Å². The van der Waals surface area contributed by atoms with Crippen LogP contribution in [0.3, 0.4) is 0 Å². The van der Waals surface area contributed by atoms with E-state index < -0.39 is 0 Å². The zero-order valence-corrected chi connectivity index (χ0v) is 21.0. The van der Waals surface area contributed by atoms with Crippen molar-refractivity contribution >= 4 is 11.9 Å². The van der Waals surface area contributed by atoms with Gasteiger partial charge in [-0.25, -0.2) is 9.59 Å². The Bertz CT molecular complexity index is 1140. The minimum atomic E-state index is -0.361. The lowest BCUT2D eigenvalue weighted by Gasteiger charge is -2.24. The standard InChI is InChI=1S/C31H33NO4/c1-5-9-23-15-24(10-6-2)17-27(16-23)22-32(20-25-11-7-13-28(18-25)30(33)35-3)21-26-12-8-14-29(19-26)31(34)36-4/h5-8,11-19H,1-2,9-10,20-22H2,3-4H3. The van der Waals surface area contributed by atoms with Crippen LogP contribution in [-0.4, -0.2) is 31.1 Å². The Kier molecular flexibility index (Phi) is 9.78. The van der Waals surface area contributed by atoms with E-state index in [4.69, 9.17) is 9.47 Å². The van der Waals surface area contributed by atoms with Gasteiger partial charge in [0.1, 0.15) is 0 Å². The number of hydrogen-bond acceptors (Lipinski definition) is 5. The molecular weight excluding hydrogens is 450 g/mol. The lowest BCUT2D eigenvalue weighted by molar-refractivity contribution is 0.0592. The largest absolute Gasteiger partial charge is 0.465 e. The summed E-state index contributed by atoms with van der Waals surface area (Å²) < 4.78 is 9.79.